The first-order valence-electron chi connectivity index (χ1n) is 9.71. The summed E-state index contributed by atoms with van der Waals surface area (Å²) in [5.74, 6) is 0.964. The molecule has 1 aliphatic rings. The highest BCUT2D eigenvalue weighted by molar-refractivity contribution is 7.89. The van der Waals surface area contributed by atoms with Crippen LogP contribution in [0.2, 0.25) is 0 Å². The second kappa shape index (κ2) is 8.29. The number of hydrogen-bond donors (Lipinski definition) is 0. The lowest BCUT2D eigenvalue weighted by Gasteiger charge is -2.37. The van der Waals surface area contributed by atoms with Crippen LogP contribution in [0.3, 0.4) is 0 Å². The summed E-state index contributed by atoms with van der Waals surface area (Å²) in [6.45, 7) is 5.38. The predicted molar refractivity (Wildman–Crippen MR) is 113 cm³/mol. The van der Waals surface area contributed by atoms with E-state index in [0.717, 1.165) is 4.88 Å². The monoisotopic (exact) mass is 446 g/mol. The average Bonchev–Trinajstić information content (AvgIpc) is 3.39. The van der Waals surface area contributed by atoms with Gasteiger partial charge in [-0.2, -0.15) is 9.29 Å². The molecule has 0 spiro atoms. The van der Waals surface area contributed by atoms with E-state index in [1.165, 1.54) is 16.4 Å². The summed E-state index contributed by atoms with van der Waals surface area (Å²) in [7, 11) is -3.54. The quantitative estimate of drug-likeness (QED) is 0.553. The van der Waals surface area contributed by atoms with Gasteiger partial charge in [0.15, 0.2) is 0 Å². The number of aromatic nitrogens is 2. The molecule has 0 atom stereocenters. The maximum Gasteiger partial charge on any atom is 0.253 e. The van der Waals surface area contributed by atoms with Crippen LogP contribution in [0.25, 0.3) is 10.7 Å². The number of thiophene rings is 1. The Kier molecular flexibility index (Phi) is 5.72. The molecule has 10 heteroatoms. The Balaban J connectivity index is 1.39. The number of carbonyl (C=O) groups is 1. The van der Waals surface area contributed by atoms with Gasteiger partial charge in [0.05, 0.1) is 15.7 Å². The highest BCUT2D eigenvalue weighted by Gasteiger charge is 2.36. The molecule has 1 aromatic carbocycles. The second-order valence-electron chi connectivity index (χ2n) is 6.95. The van der Waals surface area contributed by atoms with Crippen molar-refractivity contribution in [2.45, 2.75) is 24.7 Å². The maximum atomic E-state index is 12.7. The fourth-order valence-corrected chi connectivity index (χ4v) is 5.48. The molecule has 1 amide bonds. The van der Waals surface area contributed by atoms with Gasteiger partial charge in [-0.15, -0.1) is 11.3 Å². The lowest BCUT2D eigenvalue weighted by atomic mass is 9.99. The van der Waals surface area contributed by atoms with Crippen LogP contribution in [-0.4, -0.2) is 59.8 Å². The van der Waals surface area contributed by atoms with Crippen LogP contribution in [0.5, 0.6) is 0 Å². The number of likely N-dealkylation sites (tertiary alicyclic amines) is 1. The second-order valence-corrected chi connectivity index (χ2v) is 9.84. The molecule has 1 saturated heterocycles. The number of benzene rings is 1. The molecule has 1 fully saturated rings. The Hall–Kier alpha value is -2.56. The molecule has 4 rings (SSSR count). The zero-order valence-corrected chi connectivity index (χ0v) is 18.3. The summed E-state index contributed by atoms with van der Waals surface area (Å²) in [5, 5.41) is 5.96. The van der Waals surface area contributed by atoms with E-state index in [-0.39, 0.29) is 16.7 Å². The zero-order valence-electron chi connectivity index (χ0n) is 16.7. The van der Waals surface area contributed by atoms with E-state index < -0.39 is 10.0 Å². The summed E-state index contributed by atoms with van der Waals surface area (Å²) in [6, 6.07) is 9.96. The topological polar surface area (TPSA) is 96.6 Å². The molecule has 0 radical (unpaired) electrons. The van der Waals surface area contributed by atoms with E-state index in [9.17, 15) is 13.2 Å². The van der Waals surface area contributed by atoms with Crippen molar-refractivity contribution in [2.75, 3.05) is 26.2 Å². The number of amides is 1. The van der Waals surface area contributed by atoms with Crippen molar-refractivity contribution < 1.29 is 17.7 Å². The summed E-state index contributed by atoms with van der Waals surface area (Å²) in [6.07, 6.45) is 0. The van der Waals surface area contributed by atoms with E-state index in [2.05, 4.69) is 10.1 Å². The molecule has 158 valence electrons. The minimum absolute atomic E-state index is 0.0116. The molecule has 0 N–H and O–H groups in total. The predicted octanol–water partition coefficient (Wildman–Crippen LogP) is 3.07. The van der Waals surface area contributed by atoms with Crippen molar-refractivity contribution in [1.29, 1.82) is 0 Å². The van der Waals surface area contributed by atoms with Gasteiger partial charge in [-0.25, -0.2) is 8.42 Å². The SMILES string of the molecule is CCN(CC)S(=O)(=O)c1ccc(C(=O)N2CC(c3nc(-c4cccs4)no3)C2)cc1. The molecule has 30 heavy (non-hydrogen) atoms. The standard InChI is InChI=1S/C20H22N4O4S2/c1-3-24(4-2)30(26,27)16-9-7-14(8-10-16)20(25)23-12-15(13-23)19-21-18(22-28-19)17-6-5-11-29-17/h5-11,15H,3-4,12-13H2,1-2H3. The molecule has 1 aliphatic heterocycles. The third kappa shape index (κ3) is 3.78. The average molecular weight is 447 g/mol. The molecule has 0 bridgehead atoms. The van der Waals surface area contributed by atoms with Crippen LogP contribution in [0.1, 0.15) is 36.0 Å². The largest absolute Gasteiger partial charge is 0.339 e. The van der Waals surface area contributed by atoms with E-state index in [1.54, 1.807) is 42.2 Å². The molecule has 0 aliphatic carbocycles. The number of sulfonamides is 1. The summed E-state index contributed by atoms with van der Waals surface area (Å²) in [4.78, 5) is 20.0. The van der Waals surface area contributed by atoms with Crippen LogP contribution in [0, 0.1) is 0 Å². The number of carbonyl (C=O) groups excluding carboxylic acids is 1. The number of hydrogen-bond acceptors (Lipinski definition) is 7. The van der Waals surface area contributed by atoms with Crippen LogP contribution in [-0.2, 0) is 10.0 Å². The Morgan fingerprint density at radius 2 is 1.90 bits per heavy atom. The first kappa shape index (κ1) is 20.7. The van der Waals surface area contributed by atoms with Crippen LogP contribution < -0.4 is 0 Å². The van der Waals surface area contributed by atoms with Gasteiger partial charge in [-0.3, -0.25) is 4.79 Å². The smallest absolute Gasteiger partial charge is 0.253 e. The summed E-state index contributed by atoms with van der Waals surface area (Å²) >= 11 is 1.54. The van der Waals surface area contributed by atoms with Crippen molar-refractivity contribution in [1.82, 2.24) is 19.3 Å². The summed E-state index contributed by atoms with van der Waals surface area (Å²) < 4.78 is 31.9. The Morgan fingerprint density at radius 1 is 1.20 bits per heavy atom. The minimum atomic E-state index is -3.54. The van der Waals surface area contributed by atoms with Gasteiger partial charge in [0.25, 0.3) is 5.91 Å². The fraction of sp³-hybridized carbons (Fsp3) is 0.350. The van der Waals surface area contributed by atoms with Crippen LogP contribution in [0.15, 0.2) is 51.2 Å². The molecule has 0 unspecified atom stereocenters. The molecule has 3 aromatic rings. The molecule has 3 heterocycles. The highest BCUT2D eigenvalue weighted by atomic mass is 32.2. The van der Waals surface area contributed by atoms with Crippen molar-refractivity contribution in [3.05, 3.63) is 53.2 Å². The van der Waals surface area contributed by atoms with Gasteiger partial charge < -0.3 is 9.42 Å². The fourth-order valence-electron chi connectivity index (χ4n) is 3.37. The minimum Gasteiger partial charge on any atom is -0.339 e. The van der Waals surface area contributed by atoms with Crippen molar-refractivity contribution >= 4 is 27.3 Å². The van der Waals surface area contributed by atoms with E-state index in [0.29, 0.717) is 43.5 Å². The molecular weight excluding hydrogens is 424 g/mol. The lowest BCUT2D eigenvalue weighted by Crippen LogP contribution is -2.48. The number of nitrogens with zero attached hydrogens (tertiary/aromatic N) is 4. The van der Waals surface area contributed by atoms with Gasteiger partial charge >= 0.3 is 0 Å². The Morgan fingerprint density at radius 3 is 2.50 bits per heavy atom. The Labute approximate surface area is 179 Å². The maximum absolute atomic E-state index is 12.7. The van der Waals surface area contributed by atoms with Crippen molar-refractivity contribution in [3.8, 4) is 10.7 Å². The first-order valence-corrected chi connectivity index (χ1v) is 12.0. The van der Waals surface area contributed by atoms with Crippen LogP contribution in [0.4, 0.5) is 0 Å². The molecule has 8 nitrogen and oxygen atoms in total. The van der Waals surface area contributed by atoms with Gasteiger partial charge in [0, 0.05) is 31.7 Å². The molecule has 0 saturated carbocycles. The highest BCUT2D eigenvalue weighted by Crippen LogP contribution is 2.30. The van der Waals surface area contributed by atoms with E-state index >= 15 is 0 Å². The normalized spacial score (nSPS) is 14.8. The van der Waals surface area contributed by atoms with Crippen molar-refractivity contribution in [3.63, 3.8) is 0 Å². The number of rotatable bonds is 7. The summed E-state index contributed by atoms with van der Waals surface area (Å²) in [5.41, 5.74) is 0.455. The van der Waals surface area contributed by atoms with Crippen molar-refractivity contribution in [2.24, 2.45) is 0 Å². The van der Waals surface area contributed by atoms with Gasteiger partial charge in [0.1, 0.15) is 0 Å². The first-order chi connectivity index (χ1) is 14.4. The lowest BCUT2D eigenvalue weighted by molar-refractivity contribution is 0.0569. The molecular formula is C20H22N4O4S2. The molecule has 2 aromatic heterocycles. The van der Waals surface area contributed by atoms with Gasteiger partial charge in [0.2, 0.25) is 21.7 Å². The van der Waals surface area contributed by atoms with E-state index in [4.69, 9.17) is 4.52 Å². The zero-order chi connectivity index (χ0) is 21.3. The third-order valence-corrected chi connectivity index (χ3v) is 8.08. The van der Waals surface area contributed by atoms with Gasteiger partial charge in [-0.05, 0) is 35.7 Å². The third-order valence-electron chi connectivity index (χ3n) is 5.15. The van der Waals surface area contributed by atoms with Crippen LogP contribution >= 0.6 is 11.3 Å². The van der Waals surface area contributed by atoms with Gasteiger partial charge in [-0.1, -0.05) is 25.1 Å². The van der Waals surface area contributed by atoms with E-state index in [1.807, 2.05) is 17.5 Å². The Bertz CT molecular complexity index is 1110.